The Hall–Kier alpha value is -2.68. The fourth-order valence-corrected chi connectivity index (χ4v) is 3.90. The van der Waals surface area contributed by atoms with Crippen molar-refractivity contribution in [1.29, 1.82) is 0 Å². The van der Waals surface area contributed by atoms with E-state index in [9.17, 15) is 9.90 Å². The van der Waals surface area contributed by atoms with Gasteiger partial charge in [-0.1, -0.05) is 0 Å². The molecular weight excluding hydrogens is 372 g/mol. The lowest BCUT2D eigenvalue weighted by Crippen LogP contribution is -2.58. The summed E-state index contributed by atoms with van der Waals surface area (Å²) in [5.74, 6) is 1.49. The summed E-state index contributed by atoms with van der Waals surface area (Å²) in [6.45, 7) is 6.56. The number of nitrogens with one attached hydrogen (secondary N) is 2. The van der Waals surface area contributed by atoms with E-state index in [1.807, 2.05) is 11.0 Å². The predicted molar refractivity (Wildman–Crippen MR) is 107 cm³/mol. The molecule has 29 heavy (non-hydrogen) atoms. The van der Waals surface area contributed by atoms with Crippen molar-refractivity contribution in [1.82, 2.24) is 25.1 Å². The molecular formula is C20H28N6O3. The highest BCUT2D eigenvalue weighted by Gasteiger charge is 2.41. The number of aliphatic hydroxyl groups is 1. The predicted octanol–water partition coefficient (Wildman–Crippen LogP) is 3.25. The zero-order valence-electron chi connectivity index (χ0n) is 17.1. The molecule has 2 aromatic heterocycles. The number of aliphatic hydroxyl groups excluding tert-OH is 1. The summed E-state index contributed by atoms with van der Waals surface area (Å²) in [7, 11) is 0. The quantitative estimate of drug-likeness (QED) is 0.705. The van der Waals surface area contributed by atoms with Crippen molar-refractivity contribution in [3.63, 3.8) is 0 Å². The van der Waals surface area contributed by atoms with E-state index in [2.05, 4.69) is 39.3 Å². The second-order valence-electron chi connectivity index (χ2n) is 8.57. The molecule has 2 aliphatic rings. The molecule has 3 atom stereocenters. The summed E-state index contributed by atoms with van der Waals surface area (Å²) < 4.78 is 5.73. The van der Waals surface area contributed by atoms with E-state index >= 15 is 0 Å². The van der Waals surface area contributed by atoms with Gasteiger partial charge in [0.15, 0.2) is 5.82 Å². The lowest BCUT2D eigenvalue weighted by molar-refractivity contribution is -0.0101. The standard InChI is InChI=1S/C20H28N6O3/c1-12(27)16-10-22-18(11-21-16)23-17-9-15(24-25-17)13-4-5-14(8-13)29-19(28)26-7-6-20(26,2)3/h9-14,27H,4-8H2,1-3H3,(H2,22,23,24,25)/t12-,13+,14-/m1/s1. The minimum absolute atomic E-state index is 0.0532. The van der Waals surface area contributed by atoms with Crippen molar-refractivity contribution in [3.05, 3.63) is 29.8 Å². The Bertz CT molecular complexity index is 863. The molecule has 1 aliphatic carbocycles. The highest BCUT2D eigenvalue weighted by atomic mass is 16.6. The van der Waals surface area contributed by atoms with E-state index in [1.54, 1.807) is 13.1 Å². The molecule has 3 N–H and O–H groups in total. The van der Waals surface area contributed by atoms with Crippen LogP contribution in [0, 0.1) is 0 Å². The zero-order valence-corrected chi connectivity index (χ0v) is 17.1. The van der Waals surface area contributed by atoms with Crippen molar-refractivity contribution >= 4 is 17.7 Å². The van der Waals surface area contributed by atoms with Gasteiger partial charge in [-0.3, -0.25) is 10.1 Å². The molecule has 156 valence electrons. The Morgan fingerprint density at radius 3 is 2.79 bits per heavy atom. The summed E-state index contributed by atoms with van der Waals surface area (Å²) in [4.78, 5) is 22.6. The third kappa shape index (κ3) is 4.19. The van der Waals surface area contributed by atoms with Crippen molar-refractivity contribution in [3.8, 4) is 0 Å². The fourth-order valence-electron chi connectivity index (χ4n) is 3.90. The fraction of sp³-hybridized carbons (Fsp3) is 0.600. The van der Waals surface area contributed by atoms with Gasteiger partial charge in [0.1, 0.15) is 11.9 Å². The summed E-state index contributed by atoms with van der Waals surface area (Å²) >= 11 is 0. The van der Waals surface area contributed by atoms with Gasteiger partial charge in [0, 0.05) is 29.8 Å². The van der Waals surface area contributed by atoms with Crippen LogP contribution in [0.5, 0.6) is 0 Å². The van der Waals surface area contributed by atoms with Crippen molar-refractivity contribution < 1.29 is 14.6 Å². The highest BCUT2D eigenvalue weighted by molar-refractivity contribution is 5.70. The Morgan fingerprint density at radius 2 is 2.17 bits per heavy atom. The van der Waals surface area contributed by atoms with E-state index < -0.39 is 6.10 Å². The molecule has 9 heteroatoms. The molecule has 0 bridgehead atoms. The number of hydrogen-bond donors (Lipinski definition) is 3. The van der Waals surface area contributed by atoms with Gasteiger partial charge in [0.25, 0.3) is 0 Å². The van der Waals surface area contributed by atoms with Gasteiger partial charge < -0.3 is 20.1 Å². The van der Waals surface area contributed by atoms with E-state index in [1.165, 1.54) is 6.20 Å². The van der Waals surface area contributed by atoms with Crippen LogP contribution in [0.3, 0.4) is 0 Å². The summed E-state index contributed by atoms with van der Waals surface area (Å²) in [5.41, 5.74) is 1.45. The number of amides is 1. The van der Waals surface area contributed by atoms with Crippen LogP contribution in [0.15, 0.2) is 18.5 Å². The molecule has 4 rings (SSSR count). The normalized spacial score (nSPS) is 24.1. The molecule has 1 amide bonds. The minimum atomic E-state index is -0.648. The average Bonchev–Trinajstić information content (AvgIpc) is 3.30. The molecule has 2 fully saturated rings. The zero-order chi connectivity index (χ0) is 20.6. The monoisotopic (exact) mass is 400 g/mol. The van der Waals surface area contributed by atoms with Crippen LogP contribution in [0.2, 0.25) is 0 Å². The maximum atomic E-state index is 12.4. The van der Waals surface area contributed by atoms with Crippen molar-refractivity contribution in [2.24, 2.45) is 0 Å². The maximum Gasteiger partial charge on any atom is 0.410 e. The molecule has 2 aromatic rings. The number of H-pyrrole nitrogens is 1. The number of carbonyl (C=O) groups is 1. The van der Waals surface area contributed by atoms with Gasteiger partial charge in [0.2, 0.25) is 0 Å². The smallest absolute Gasteiger partial charge is 0.410 e. The van der Waals surface area contributed by atoms with E-state index in [0.717, 1.165) is 37.9 Å². The van der Waals surface area contributed by atoms with Crippen LogP contribution >= 0.6 is 0 Å². The Labute approximate surface area is 169 Å². The number of carbonyl (C=O) groups excluding carboxylic acids is 1. The first-order valence-electron chi connectivity index (χ1n) is 10.1. The number of likely N-dealkylation sites (tertiary alicyclic amines) is 1. The Kier molecular flexibility index (Phi) is 5.16. The number of anilines is 2. The maximum absolute atomic E-state index is 12.4. The van der Waals surface area contributed by atoms with Gasteiger partial charge in [-0.25, -0.2) is 9.78 Å². The van der Waals surface area contributed by atoms with E-state index in [0.29, 0.717) is 17.3 Å². The lowest BCUT2D eigenvalue weighted by Gasteiger charge is -2.47. The number of hydrogen-bond acceptors (Lipinski definition) is 7. The first-order valence-corrected chi connectivity index (χ1v) is 10.1. The van der Waals surface area contributed by atoms with Crippen LogP contribution in [0.1, 0.15) is 69.9 Å². The number of aromatic amines is 1. The van der Waals surface area contributed by atoms with Crippen LogP contribution < -0.4 is 5.32 Å². The largest absolute Gasteiger partial charge is 0.446 e. The molecule has 0 spiro atoms. The molecule has 1 saturated carbocycles. The van der Waals surface area contributed by atoms with Gasteiger partial charge in [-0.15, -0.1) is 0 Å². The Balaban J connectivity index is 1.31. The molecule has 3 heterocycles. The van der Waals surface area contributed by atoms with Gasteiger partial charge in [0.05, 0.1) is 24.2 Å². The second kappa shape index (κ2) is 7.62. The van der Waals surface area contributed by atoms with Crippen LogP contribution in [-0.4, -0.2) is 54.5 Å². The first kappa shape index (κ1) is 19.6. The van der Waals surface area contributed by atoms with E-state index in [4.69, 9.17) is 4.74 Å². The van der Waals surface area contributed by atoms with Crippen LogP contribution in [-0.2, 0) is 4.74 Å². The topological polar surface area (TPSA) is 116 Å². The van der Waals surface area contributed by atoms with Crippen LogP contribution in [0.4, 0.5) is 16.4 Å². The SMILES string of the molecule is C[C@@H](O)c1cnc(Nc2cc([C@H]3CC[C@@H](OC(=O)N4CCC4(C)C)C3)[nH]n2)cn1. The summed E-state index contributed by atoms with van der Waals surface area (Å²) in [5, 5.41) is 20.0. The lowest BCUT2D eigenvalue weighted by atomic mass is 9.90. The van der Waals surface area contributed by atoms with Gasteiger partial charge in [-0.2, -0.15) is 5.10 Å². The second-order valence-corrected chi connectivity index (χ2v) is 8.57. The highest BCUT2D eigenvalue weighted by Crippen LogP contribution is 2.37. The molecule has 1 aliphatic heterocycles. The molecule has 9 nitrogen and oxygen atoms in total. The minimum Gasteiger partial charge on any atom is -0.446 e. The van der Waals surface area contributed by atoms with Gasteiger partial charge in [-0.05, 0) is 46.5 Å². The summed E-state index contributed by atoms with van der Waals surface area (Å²) in [6, 6.07) is 1.96. The third-order valence-electron chi connectivity index (χ3n) is 5.94. The van der Waals surface area contributed by atoms with E-state index in [-0.39, 0.29) is 23.7 Å². The first-order chi connectivity index (χ1) is 13.8. The third-order valence-corrected chi connectivity index (χ3v) is 5.94. The van der Waals surface area contributed by atoms with Crippen molar-refractivity contribution in [2.75, 3.05) is 11.9 Å². The van der Waals surface area contributed by atoms with Crippen LogP contribution in [0.25, 0.3) is 0 Å². The van der Waals surface area contributed by atoms with Gasteiger partial charge >= 0.3 is 6.09 Å². The number of rotatable bonds is 5. The summed E-state index contributed by atoms with van der Waals surface area (Å²) in [6.07, 6.45) is 5.83. The van der Waals surface area contributed by atoms with Crippen molar-refractivity contribution in [2.45, 2.75) is 70.1 Å². The Morgan fingerprint density at radius 1 is 1.34 bits per heavy atom. The molecule has 0 unspecified atom stereocenters. The number of nitrogens with zero attached hydrogens (tertiary/aromatic N) is 4. The number of aromatic nitrogens is 4. The number of ether oxygens (including phenoxy) is 1. The average molecular weight is 400 g/mol. The molecule has 1 saturated heterocycles. The molecule has 0 aromatic carbocycles. The molecule has 0 radical (unpaired) electrons.